The third-order valence-electron chi connectivity index (χ3n) is 7.60. The van der Waals surface area contributed by atoms with E-state index in [4.69, 9.17) is 8.92 Å². The number of nitrogens with zero attached hydrogens (tertiary/aromatic N) is 3. The molecule has 254 valence electrons. The molecule has 0 spiro atoms. The highest BCUT2D eigenvalue weighted by Gasteiger charge is 2.33. The lowest BCUT2D eigenvalue weighted by molar-refractivity contribution is -0.134. The van der Waals surface area contributed by atoms with Crippen LogP contribution in [-0.4, -0.2) is 81.4 Å². The number of piperazine rings is 1. The van der Waals surface area contributed by atoms with Gasteiger partial charge in [-0.05, 0) is 76.1 Å². The van der Waals surface area contributed by atoms with Crippen LogP contribution in [0.4, 0.5) is 4.79 Å². The first kappa shape index (κ1) is 34.8. The van der Waals surface area contributed by atoms with Crippen molar-refractivity contribution in [2.24, 2.45) is 0 Å². The van der Waals surface area contributed by atoms with Crippen LogP contribution in [0.1, 0.15) is 31.9 Å². The number of amides is 2. The first-order valence-electron chi connectivity index (χ1n) is 15.3. The molecule has 12 nitrogen and oxygen atoms in total. The van der Waals surface area contributed by atoms with Gasteiger partial charge in [0.25, 0.3) is 0 Å². The summed E-state index contributed by atoms with van der Waals surface area (Å²) in [5, 5.41) is 0.646. The average molecular weight is 695 g/mol. The van der Waals surface area contributed by atoms with Gasteiger partial charge in [0.2, 0.25) is 15.9 Å². The zero-order valence-electron chi connectivity index (χ0n) is 27.1. The molecule has 0 radical (unpaired) electrons. The van der Waals surface area contributed by atoms with Crippen molar-refractivity contribution in [1.82, 2.24) is 19.5 Å². The molecule has 2 amide bonds. The molecular weight excluding hydrogens is 657 g/mol. The SMILES string of the molecule is Cc1ccc(S(=O)(=O)N[C@@H](Cc2ccc(OS(=O)(=O)c3cccc4cccnc34)cc2)C(=O)N2CCN(C(=O)OC(C)(C)C)CC2)cc1. The van der Waals surface area contributed by atoms with Crippen LogP contribution in [0.2, 0.25) is 0 Å². The largest absolute Gasteiger partial charge is 0.444 e. The maximum atomic E-state index is 13.8. The number of aryl methyl sites for hydroxylation is 1. The molecule has 1 aliphatic heterocycles. The van der Waals surface area contributed by atoms with E-state index >= 15 is 0 Å². The first-order chi connectivity index (χ1) is 22.6. The third-order valence-corrected chi connectivity index (χ3v) is 10.4. The number of sulfonamides is 1. The molecule has 1 atom stereocenters. The maximum absolute atomic E-state index is 13.8. The van der Waals surface area contributed by atoms with E-state index in [9.17, 15) is 26.4 Å². The van der Waals surface area contributed by atoms with Crippen LogP contribution in [0.25, 0.3) is 10.9 Å². The molecule has 2 heterocycles. The Morgan fingerprint density at radius 1 is 0.854 bits per heavy atom. The molecule has 1 aromatic heterocycles. The van der Waals surface area contributed by atoms with Gasteiger partial charge in [0.15, 0.2) is 0 Å². The summed E-state index contributed by atoms with van der Waals surface area (Å²) in [5.74, 6) is -0.422. The Bertz CT molecular complexity index is 2000. The van der Waals surface area contributed by atoms with E-state index < -0.39 is 43.8 Å². The molecule has 1 fully saturated rings. The Morgan fingerprint density at radius 2 is 1.48 bits per heavy atom. The Hall–Kier alpha value is -4.53. The van der Waals surface area contributed by atoms with Gasteiger partial charge >= 0.3 is 16.2 Å². The fourth-order valence-corrected chi connectivity index (χ4v) is 7.47. The van der Waals surface area contributed by atoms with Crippen molar-refractivity contribution >= 4 is 43.0 Å². The number of ether oxygens (including phenoxy) is 1. The monoisotopic (exact) mass is 694 g/mol. The predicted octanol–water partition coefficient (Wildman–Crippen LogP) is 4.28. The molecular formula is C34H38N4O8S2. The van der Waals surface area contributed by atoms with Crippen molar-refractivity contribution < 1.29 is 35.3 Å². The molecule has 14 heteroatoms. The molecule has 1 aliphatic rings. The van der Waals surface area contributed by atoms with Crippen LogP contribution >= 0.6 is 0 Å². The fraction of sp³-hybridized carbons (Fsp3) is 0.324. The van der Waals surface area contributed by atoms with Gasteiger partial charge in [0, 0.05) is 37.8 Å². The smallest absolute Gasteiger partial charge is 0.410 e. The van der Waals surface area contributed by atoms with Gasteiger partial charge in [-0.2, -0.15) is 13.1 Å². The number of nitrogens with one attached hydrogen (secondary N) is 1. The molecule has 4 aromatic rings. The third kappa shape index (κ3) is 8.48. The standard InChI is InChI=1S/C34H38N4O8S2/c1-24-10-16-28(17-11-24)47(41,42)36-29(32(39)37-19-21-38(22-20-37)33(40)45-34(2,3)4)23-25-12-14-27(15-13-25)46-48(43,44)30-9-5-7-26-8-6-18-35-31(26)30/h5-18,29,36H,19-23H2,1-4H3/t29-/m0/s1. The van der Waals surface area contributed by atoms with E-state index in [1.165, 1.54) is 46.3 Å². The molecule has 1 N–H and O–H groups in total. The normalized spacial score (nSPS) is 14.8. The predicted molar refractivity (Wildman–Crippen MR) is 179 cm³/mol. The van der Waals surface area contributed by atoms with E-state index in [0.29, 0.717) is 10.9 Å². The molecule has 0 aliphatic carbocycles. The van der Waals surface area contributed by atoms with Crippen LogP contribution in [0.15, 0.2) is 94.9 Å². The van der Waals surface area contributed by atoms with Crippen molar-refractivity contribution in [3.8, 4) is 5.75 Å². The number of rotatable bonds is 9. The highest BCUT2D eigenvalue weighted by molar-refractivity contribution is 7.89. The molecule has 3 aromatic carbocycles. The Morgan fingerprint density at radius 3 is 2.12 bits per heavy atom. The second-order valence-electron chi connectivity index (χ2n) is 12.5. The van der Waals surface area contributed by atoms with Crippen molar-refractivity contribution in [3.63, 3.8) is 0 Å². The minimum Gasteiger partial charge on any atom is -0.444 e. The Kier molecular flexibility index (Phi) is 10.1. The van der Waals surface area contributed by atoms with Crippen LogP contribution in [-0.2, 0) is 36.1 Å². The van der Waals surface area contributed by atoms with Crippen molar-refractivity contribution in [3.05, 3.63) is 96.2 Å². The lowest BCUT2D eigenvalue weighted by Crippen LogP contribution is -2.56. The second kappa shape index (κ2) is 13.9. The van der Waals surface area contributed by atoms with Gasteiger partial charge < -0.3 is 18.7 Å². The summed E-state index contributed by atoms with van der Waals surface area (Å²) in [6, 6.07) is 19.4. The number of aromatic nitrogens is 1. The molecule has 0 bridgehead atoms. The van der Waals surface area contributed by atoms with Crippen LogP contribution in [0.5, 0.6) is 5.75 Å². The van der Waals surface area contributed by atoms with Crippen LogP contribution in [0, 0.1) is 6.92 Å². The highest BCUT2D eigenvalue weighted by Crippen LogP contribution is 2.25. The number of carbonyl (C=O) groups excluding carboxylic acids is 2. The molecule has 1 saturated heterocycles. The van der Waals surface area contributed by atoms with Gasteiger partial charge in [0.1, 0.15) is 22.3 Å². The molecule has 5 rings (SSSR count). The fourth-order valence-electron chi connectivity index (χ4n) is 5.17. The van der Waals surface area contributed by atoms with Gasteiger partial charge in [0.05, 0.1) is 10.4 Å². The Labute approximate surface area is 280 Å². The summed E-state index contributed by atoms with van der Waals surface area (Å²) in [6.07, 6.45) is 0.991. The maximum Gasteiger partial charge on any atom is 0.410 e. The minimum absolute atomic E-state index is 0.0116. The number of benzene rings is 3. The summed E-state index contributed by atoms with van der Waals surface area (Å²) in [7, 11) is -8.33. The van der Waals surface area contributed by atoms with Crippen LogP contribution in [0.3, 0.4) is 0 Å². The average Bonchev–Trinajstić information content (AvgIpc) is 3.04. The first-order valence-corrected chi connectivity index (χ1v) is 18.2. The van der Waals surface area contributed by atoms with Gasteiger partial charge in [-0.3, -0.25) is 9.78 Å². The summed E-state index contributed by atoms with van der Waals surface area (Å²) in [4.78, 5) is 33.6. The molecule has 48 heavy (non-hydrogen) atoms. The van der Waals surface area contributed by atoms with E-state index in [-0.39, 0.29) is 53.7 Å². The highest BCUT2D eigenvalue weighted by atomic mass is 32.2. The summed E-state index contributed by atoms with van der Waals surface area (Å²) < 4.78 is 66.6. The number of para-hydroxylation sites is 1. The lowest BCUT2D eigenvalue weighted by Gasteiger charge is -2.37. The van der Waals surface area contributed by atoms with Gasteiger partial charge in [-0.25, -0.2) is 13.2 Å². The van der Waals surface area contributed by atoms with E-state index in [1.807, 2.05) is 6.92 Å². The van der Waals surface area contributed by atoms with Gasteiger partial charge in [-0.1, -0.05) is 48.0 Å². The summed E-state index contributed by atoms with van der Waals surface area (Å²) in [5.41, 5.74) is 1.06. The zero-order valence-corrected chi connectivity index (χ0v) is 28.8. The summed E-state index contributed by atoms with van der Waals surface area (Å²) in [6.45, 7) is 7.99. The quantitative estimate of drug-likeness (QED) is 0.253. The number of pyridine rings is 1. The van der Waals surface area contributed by atoms with Crippen molar-refractivity contribution in [2.75, 3.05) is 26.2 Å². The number of fused-ring (bicyclic) bond motifs is 1. The number of hydrogen-bond acceptors (Lipinski definition) is 9. The molecule has 0 saturated carbocycles. The number of hydrogen-bond donors (Lipinski definition) is 1. The topological polar surface area (TPSA) is 152 Å². The van der Waals surface area contributed by atoms with E-state index in [2.05, 4.69) is 9.71 Å². The van der Waals surface area contributed by atoms with Crippen LogP contribution < -0.4 is 8.91 Å². The van der Waals surface area contributed by atoms with Gasteiger partial charge in [-0.15, -0.1) is 0 Å². The molecule has 0 unspecified atom stereocenters. The van der Waals surface area contributed by atoms with Crippen molar-refractivity contribution in [2.45, 2.75) is 55.5 Å². The summed E-state index contributed by atoms with van der Waals surface area (Å²) >= 11 is 0. The number of carbonyl (C=O) groups is 2. The Balaban J connectivity index is 1.33. The van der Waals surface area contributed by atoms with E-state index in [0.717, 1.165) is 5.56 Å². The second-order valence-corrected chi connectivity index (χ2v) is 15.7. The lowest BCUT2D eigenvalue weighted by atomic mass is 10.0. The zero-order chi connectivity index (χ0) is 34.7. The van der Waals surface area contributed by atoms with E-state index in [1.54, 1.807) is 69.3 Å². The van der Waals surface area contributed by atoms with Crippen molar-refractivity contribution in [1.29, 1.82) is 0 Å². The minimum atomic E-state index is -4.23.